The van der Waals surface area contributed by atoms with Gasteiger partial charge in [-0.05, 0) is 53.8 Å². The third kappa shape index (κ3) is 8.71. The fourth-order valence-corrected chi connectivity index (χ4v) is 6.13. The number of benzene rings is 6. The Balaban J connectivity index is 0.000000134. The summed E-state index contributed by atoms with van der Waals surface area (Å²) in [5, 5.41) is 6.47. The molecule has 0 fully saturated rings. The first-order valence-electron chi connectivity index (χ1n) is 17.9. The molecule has 10 aromatic rings. The number of para-hydroxylation sites is 8. The fourth-order valence-electron chi connectivity index (χ4n) is 6.13. The summed E-state index contributed by atoms with van der Waals surface area (Å²) in [6.07, 6.45) is 3.87. The van der Waals surface area contributed by atoms with Crippen molar-refractivity contribution in [1.82, 2.24) is 24.3 Å². The van der Waals surface area contributed by atoms with Crippen molar-refractivity contribution in [1.29, 1.82) is 0 Å². The second kappa shape index (κ2) is 17.9. The third-order valence-electron chi connectivity index (χ3n) is 8.78. The molecule has 10 rings (SSSR count). The number of alkyl halides is 3. The molecule has 0 atom stereocenters. The van der Waals surface area contributed by atoms with Crippen LogP contribution in [0.1, 0.15) is 5.69 Å². The van der Waals surface area contributed by atoms with Gasteiger partial charge in [0, 0.05) is 32.0 Å². The minimum absolute atomic E-state index is 0. The van der Waals surface area contributed by atoms with Gasteiger partial charge in [0.05, 0.1) is 33.4 Å². The van der Waals surface area contributed by atoms with E-state index in [0.29, 0.717) is 5.69 Å². The summed E-state index contributed by atoms with van der Waals surface area (Å²) in [5.41, 5.74) is 8.17. The Labute approximate surface area is 346 Å². The summed E-state index contributed by atoms with van der Waals surface area (Å²) in [6, 6.07) is 65.4. The second-order valence-electron chi connectivity index (χ2n) is 12.5. The van der Waals surface area contributed by atoms with Crippen LogP contribution >= 0.6 is 0 Å². The van der Waals surface area contributed by atoms with Gasteiger partial charge < -0.3 is 19.3 Å². The van der Waals surface area contributed by atoms with Crippen molar-refractivity contribution in [3.8, 4) is 34.1 Å². The largest absolute Gasteiger partial charge is 0.573 e. The van der Waals surface area contributed by atoms with Crippen LogP contribution in [0.5, 0.6) is 0 Å². The van der Waals surface area contributed by atoms with Crippen LogP contribution in [0.25, 0.3) is 56.2 Å². The van der Waals surface area contributed by atoms with Gasteiger partial charge in [0.1, 0.15) is 5.69 Å². The molecule has 11 heteroatoms. The van der Waals surface area contributed by atoms with E-state index in [-0.39, 0.29) is 25.8 Å². The molecule has 0 saturated carbocycles. The first kappa shape index (κ1) is 39.3. The normalized spacial score (nSPS) is 10.9. The Morgan fingerprint density at radius 2 is 1.00 bits per heavy atom. The average molecular weight is 943 g/mol. The first-order valence-corrected chi connectivity index (χ1v) is 17.9. The number of rotatable bonds is 5. The molecule has 0 amide bonds. The zero-order valence-corrected chi connectivity index (χ0v) is 32.9. The zero-order chi connectivity index (χ0) is 39.0. The van der Waals surface area contributed by atoms with E-state index in [1.807, 2.05) is 106 Å². The maximum atomic E-state index is 12.2. The summed E-state index contributed by atoms with van der Waals surface area (Å²) in [5.74, 6) is 0. The molecule has 0 N–H and O–H groups in total. The number of hydrogen-bond acceptors (Lipinski definition) is 2. The van der Waals surface area contributed by atoms with Crippen LogP contribution in [-0.2, 0) is 26.3 Å². The predicted molar refractivity (Wildman–Crippen MR) is 211 cm³/mol. The maximum Gasteiger partial charge on any atom is 0.431 e. The van der Waals surface area contributed by atoms with Crippen molar-refractivity contribution in [3.05, 3.63) is 219 Å². The van der Waals surface area contributed by atoms with E-state index in [1.54, 1.807) is 18.2 Å². The molecule has 0 spiro atoms. The van der Waals surface area contributed by atoms with Crippen molar-refractivity contribution in [3.63, 3.8) is 0 Å². The number of hydrogen-bond donors (Lipinski definition) is 0. The SMILES string of the molecule is FC(F)(F)c1cc(-c2ccccn2)[n-]n1.[Ir].[c-]1ccccc1-n1[c-][n+](-c2ccccc2)c2ccccc21.[c-]1ccccc1-n1[c-][n+](-c2ccccc2)c2ccccc21. The van der Waals surface area contributed by atoms with Crippen LogP contribution in [0, 0.1) is 24.8 Å². The molecule has 4 heterocycles. The van der Waals surface area contributed by atoms with Gasteiger partial charge in [-0.3, -0.25) is 14.1 Å². The van der Waals surface area contributed by atoms with Gasteiger partial charge in [-0.1, -0.05) is 96.7 Å². The Kier molecular flexibility index (Phi) is 12.1. The molecule has 0 bridgehead atoms. The Bertz CT molecular complexity index is 2520. The quantitative estimate of drug-likeness (QED) is 0.128. The summed E-state index contributed by atoms with van der Waals surface area (Å²) in [6.45, 7) is 0. The van der Waals surface area contributed by atoms with E-state index in [9.17, 15) is 13.2 Å². The number of fused-ring (bicyclic) bond motifs is 2. The van der Waals surface area contributed by atoms with Gasteiger partial charge in [0.2, 0.25) is 0 Å². The monoisotopic (exact) mass is 943 g/mol. The smallest absolute Gasteiger partial charge is 0.431 e. The van der Waals surface area contributed by atoms with Crippen molar-refractivity contribution in [2.45, 2.75) is 6.18 Å². The number of nitrogens with zero attached hydrogens (tertiary/aromatic N) is 7. The van der Waals surface area contributed by atoms with Crippen molar-refractivity contribution in [2.24, 2.45) is 0 Å². The fraction of sp³-hybridized carbons (Fsp3) is 0.0213. The molecule has 7 nitrogen and oxygen atoms in total. The maximum absolute atomic E-state index is 12.2. The molecule has 0 aliphatic rings. The van der Waals surface area contributed by atoms with Crippen LogP contribution in [0.15, 0.2) is 188 Å². The second-order valence-corrected chi connectivity index (χ2v) is 12.5. The molecule has 0 aliphatic carbocycles. The van der Waals surface area contributed by atoms with Gasteiger partial charge in [0.25, 0.3) is 12.7 Å². The van der Waals surface area contributed by atoms with Gasteiger partial charge in [-0.2, -0.15) is 73.8 Å². The molecule has 287 valence electrons. The molecule has 0 aliphatic heterocycles. The van der Waals surface area contributed by atoms with Crippen molar-refractivity contribution in [2.75, 3.05) is 0 Å². The third-order valence-corrected chi connectivity index (χ3v) is 8.78. The minimum Gasteiger partial charge on any atom is -0.573 e. The Morgan fingerprint density at radius 3 is 1.43 bits per heavy atom. The van der Waals surface area contributed by atoms with Gasteiger partial charge in [0.15, 0.2) is 0 Å². The summed E-state index contributed by atoms with van der Waals surface area (Å²) < 4.78 is 44.8. The molecule has 4 aromatic heterocycles. The first-order chi connectivity index (χ1) is 27.9. The van der Waals surface area contributed by atoms with Crippen LogP contribution in [-0.4, -0.2) is 19.2 Å². The summed E-state index contributed by atoms with van der Waals surface area (Å²) in [7, 11) is 0. The number of halogens is 3. The number of aromatic nitrogens is 7. The van der Waals surface area contributed by atoms with Crippen LogP contribution < -0.4 is 14.2 Å². The van der Waals surface area contributed by atoms with E-state index < -0.39 is 11.9 Å². The topological polar surface area (TPSA) is 57.5 Å². The molecular weight excluding hydrogens is 912 g/mol. The van der Waals surface area contributed by atoms with Crippen molar-refractivity contribution < 1.29 is 42.4 Å². The van der Waals surface area contributed by atoms with Gasteiger partial charge in [-0.15, -0.1) is 0 Å². The molecular formula is C47H31F3IrN7-3. The molecule has 0 unspecified atom stereocenters. The van der Waals surface area contributed by atoms with E-state index in [1.165, 1.54) is 6.20 Å². The van der Waals surface area contributed by atoms with Crippen LogP contribution in [0.3, 0.4) is 0 Å². The van der Waals surface area contributed by atoms with Gasteiger partial charge >= 0.3 is 6.18 Å². The standard InChI is InChI=1S/2C19H13N2.C9H5F3N3.Ir/c2*1-3-9-16(10-4-1)20-15-21(17-11-5-2-6-12-17)19-14-8-7-13-18(19)20;10-9(11,12)8-5-7(14-15-8)6-3-1-2-4-13-6;/h2*1-11,13-14H;1-5H;/q3*-1;. The molecule has 0 saturated heterocycles. The van der Waals surface area contributed by atoms with E-state index >= 15 is 0 Å². The summed E-state index contributed by atoms with van der Waals surface area (Å²) >= 11 is 0. The molecule has 58 heavy (non-hydrogen) atoms. The van der Waals surface area contributed by atoms with Gasteiger partial charge in [-0.25, -0.2) is 0 Å². The van der Waals surface area contributed by atoms with Crippen molar-refractivity contribution >= 4 is 22.1 Å². The van der Waals surface area contributed by atoms with E-state index in [4.69, 9.17) is 0 Å². The number of imidazole rings is 2. The Hall–Kier alpha value is -6.94. The Morgan fingerprint density at radius 1 is 0.534 bits per heavy atom. The molecule has 1 radical (unpaired) electrons. The zero-order valence-electron chi connectivity index (χ0n) is 30.5. The van der Waals surface area contributed by atoms with E-state index in [2.05, 4.69) is 110 Å². The van der Waals surface area contributed by atoms with E-state index in [0.717, 1.165) is 50.9 Å². The minimum atomic E-state index is -4.46. The number of pyridine rings is 1. The van der Waals surface area contributed by atoms with Crippen LogP contribution in [0.2, 0.25) is 0 Å². The predicted octanol–water partition coefficient (Wildman–Crippen LogP) is 9.13. The summed E-state index contributed by atoms with van der Waals surface area (Å²) in [4.78, 5) is 3.87. The van der Waals surface area contributed by atoms with Crippen LogP contribution in [0.4, 0.5) is 13.2 Å². The average Bonchev–Trinajstić information content (AvgIpc) is 4.03. The molecule has 6 aromatic carbocycles.